The summed E-state index contributed by atoms with van der Waals surface area (Å²) in [6.07, 6.45) is 2.94. The minimum absolute atomic E-state index is 0.0449. The fraction of sp³-hybridized carbons (Fsp3) is 0.219. The van der Waals surface area contributed by atoms with Crippen LogP contribution in [0.5, 0.6) is 0 Å². The monoisotopic (exact) mass is 594 g/mol. The Morgan fingerprint density at radius 3 is 2.60 bits per heavy atom. The smallest absolute Gasteiger partial charge is 0.254 e. The molecule has 1 aliphatic rings. The van der Waals surface area contributed by atoms with E-state index in [9.17, 15) is 14.4 Å². The molecule has 11 heteroatoms. The number of carbonyl (C=O) groups is 1. The molecule has 1 fully saturated rings. The van der Waals surface area contributed by atoms with Gasteiger partial charge in [0.1, 0.15) is 17.9 Å². The lowest BCUT2D eigenvalue weighted by Gasteiger charge is -2.34. The largest absolute Gasteiger partial charge is 0.377 e. The SMILES string of the molecule is CC[C@@H](Nc1c(C#N)cnc2c(Cl)cc(N[C@@H](c3cccc(C(=O)N4CC(F)C4)c3)c3cn[nH]n3)cc12)c1ccccc1. The molecule has 3 N–H and O–H groups in total. The first kappa shape index (κ1) is 28.1. The molecule has 6 rings (SSSR count). The number of nitrogens with one attached hydrogen (secondary N) is 3. The summed E-state index contributed by atoms with van der Waals surface area (Å²) in [4.78, 5) is 18.9. The second-order valence-corrected chi connectivity index (χ2v) is 10.8. The highest BCUT2D eigenvalue weighted by molar-refractivity contribution is 6.35. The quantitative estimate of drug-likeness (QED) is 0.179. The Kier molecular flexibility index (Phi) is 7.90. The normalized spacial score (nSPS) is 14.5. The third-order valence-electron chi connectivity index (χ3n) is 7.61. The molecule has 9 nitrogen and oxygen atoms in total. The van der Waals surface area contributed by atoms with Crippen molar-refractivity contribution in [2.75, 3.05) is 23.7 Å². The lowest BCUT2D eigenvalue weighted by atomic mass is 9.99. The molecule has 0 aliphatic carbocycles. The summed E-state index contributed by atoms with van der Waals surface area (Å²) in [6.45, 7) is 2.28. The number of hydrogen-bond acceptors (Lipinski definition) is 7. The molecule has 43 heavy (non-hydrogen) atoms. The molecule has 216 valence electrons. The van der Waals surface area contributed by atoms with E-state index in [0.717, 1.165) is 17.5 Å². The van der Waals surface area contributed by atoms with Crippen molar-refractivity contribution in [2.45, 2.75) is 31.6 Å². The molecule has 1 aliphatic heterocycles. The van der Waals surface area contributed by atoms with E-state index >= 15 is 0 Å². The zero-order valence-corrected chi connectivity index (χ0v) is 24.0. The molecule has 1 amide bonds. The van der Waals surface area contributed by atoms with Gasteiger partial charge in [-0.25, -0.2) is 4.39 Å². The molecule has 5 aromatic rings. The summed E-state index contributed by atoms with van der Waals surface area (Å²) in [5, 5.41) is 29.1. The number of aromatic nitrogens is 4. The molecule has 0 saturated carbocycles. The lowest BCUT2D eigenvalue weighted by Crippen LogP contribution is -2.51. The van der Waals surface area contributed by atoms with E-state index in [0.29, 0.717) is 44.1 Å². The molecule has 0 spiro atoms. The van der Waals surface area contributed by atoms with Crippen LogP contribution in [0.3, 0.4) is 0 Å². The summed E-state index contributed by atoms with van der Waals surface area (Å²) >= 11 is 6.78. The zero-order valence-electron chi connectivity index (χ0n) is 23.3. The number of benzene rings is 3. The summed E-state index contributed by atoms with van der Waals surface area (Å²) in [6, 6.07) is 22.6. The predicted octanol–water partition coefficient (Wildman–Crippen LogP) is 6.44. The number of hydrogen-bond donors (Lipinski definition) is 3. The van der Waals surface area contributed by atoms with Crippen molar-refractivity contribution in [3.05, 3.63) is 112 Å². The van der Waals surface area contributed by atoms with E-state index in [-0.39, 0.29) is 25.0 Å². The standard InChI is InChI=1S/C32H28ClFN8O/c1-2-27(19-7-4-3-5-8-19)39-29-22(14-35)15-36-31-25(29)12-24(13-26(31)33)38-30(28-16-37-41-40-28)20-9-6-10-21(11-20)32(43)42-17-23(34)18-42/h3-13,15-16,23,27,30,38H,2,17-18H2,1H3,(H,36,39)(H,37,40,41)/t27-,30+/m1/s1. The minimum Gasteiger partial charge on any atom is -0.377 e. The van der Waals surface area contributed by atoms with Crippen LogP contribution in [0.4, 0.5) is 15.8 Å². The van der Waals surface area contributed by atoms with Crippen molar-refractivity contribution in [1.29, 1.82) is 5.26 Å². The Labute approximate surface area is 252 Å². The van der Waals surface area contributed by atoms with Gasteiger partial charge in [-0.05, 0) is 41.8 Å². The van der Waals surface area contributed by atoms with Gasteiger partial charge in [0.2, 0.25) is 0 Å². The fourth-order valence-electron chi connectivity index (χ4n) is 5.33. The number of aromatic amines is 1. The first-order valence-corrected chi connectivity index (χ1v) is 14.3. The van der Waals surface area contributed by atoms with Crippen LogP contribution in [-0.2, 0) is 0 Å². The Morgan fingerprint density at radius 1 is 1.12 bits per heavy atom. The topological polar surface area (TPSA) is 123 Å². The van der Waals surface area contributed by atoms with Crippen molar-refractivity contribution in [2.24, 2.45) is 0 Å². The Bertz CT molecular complexity index is 1800. The van der Waals surface area contributed by atoms with Crippen LogP contribution in [0.25, 0.3) is 10.9 Å². The van der Waals surface area contributed by atoms with Crippen LogP contribution >= 0.6 is 11.6 Å². The second-order valence-electron chi connectivity index (χ2n) is 10.4. The van der Waals surface area contributed by atoms with Crippen LogP contribution < -0.4 is 10.6 Å². The number of amides is 1. The Hall–Kier alpha value is -5.01. The van der Waals surface area contributed by atoms with Crippen molar-refractivity contribution >= 4 is 39.8 Å². The highest BCUT2D eigenvalue weighted by Crippen LogP contribution is 2.37. The van der Waals surface area contributed by atoms with Gasteiger partial charge in [0.15, 0.2) is 0 Å². The minimum atomic E-state index is -0.981. The Balaban J connectivity index is 1.39. The molecule has 3 aromatic carbocycles. The van der Waals surface area contributed by atoms with Gasteiger partial charge < -0.3 is 15.5 Å². The fourth-order valence-corrected chi connectivity index (χ4v) is 5.60. The number of H-pyrrole nitrogens is 1. The number of carbonyl (C=O) groups excluding carboxylic acids is 1. The highest BCUT2D eigenvalue weighted by Gasteiger charge is 2.31. The van der Waals surface area contributed by atoms with Gasteiger partial charge in [-0.2, -0.15) is 20.7 Å². The molecular weight excluding hydrogens is 567 g/mol. The highest BCUT2D eigenvalue weighted by atomic mass is 35.5. The number of alkyl halides is 1. The molecular formula is C32H28ClFN8O. The van der Waals surface area contributed by atoms with Gasteiger partial charge in [0.25, 0.3) is 5.91 Å². The summed E-state index contributed by atoms with van der Waals surface area (Å²) in [7, 11) is 0. The first-order valence-electron chi connectivity index (χ1n) is 13.9. The van der Waals surface area contributed by atoms with E-state index in [1.54, 1.807) is 30.5 Å². The average Bonchev–Trinajstić information content (AvgIpc) is 3.56. The number of anilines is 2. The number of likely N-dealkylation sites (tertiary alicyclic amines) is 1. The van der Waals surface area contributed by atoms with Gasteiger partial charge in [-0.1, -0.05) is 61.0 Å². The maximum atomic E-state index is 13.4. The van der Waals surface area contributed by atoms with Crippen molar-refractivity contribution in [3.63, 3.8) is 0 Å². The van der Waals surface area contributed by atoms with E-state index in [4.69, 9.17) is 11.6 Å². The molecule has 2 atom stereocenters. The maximum Gasteiger partial charge on any atom is 0.254 e. The number of pyridine rings is 1. The number of nitrogens with zero attached hydrogens (tertiary/aromatic N) is 5. The molecule has 0 radical (unpaired) electrons. The number of fused-ring (bicyclic) bond motifs is 1. The van der Waals surface area contributed by atoms with Gasteiger partial charge in [-0.15, -0.1) is 0 Å². The van der Waals surface area contributed by atoms with Crippen LogP contribution in [-0.4, -0.2) is 50.5 Å². The van der Waals surface area contributed by atoms with E-state index in [2.05, 4.69) is 56.2 Å². The van der Waals surface area contributed by atoms with Crippen LogP contribution in [0.1, 0.15) is 58.2 Å². The van der Waals surface area contributed by atoms with Crippen LogP contribution in [0, 0.1) is 11.3 Å². The molecule has 1 saturated heterocycles. The Morgan fingerprint density at radius 2 is 1.91 bits per heavy atom. The molecule has 2 aromatic heterocycles. The van der Waals surface area contributed by atoms with Crippen molar-refractivity contribution < 1.29 is 9.18 Å². The number of rotatable bonds is 9. The van der Waals surface area contributed by atoms with Gasteiger partial charge in [0.05, 0.1) is 53.2 Å². The van der Waals surface area contributed by atoms with E-state index in [1.165, 1.54) is 11.1 Å². The third kappa shape index (κ3) is 5.72. The lowest BCUT2D eigenvalue weighted by molar-refractivity contribution is 0.0400. The second kappa shape index (κ2) is 12.1. The van der Waals surface area contributed by atoms with Crippen molar-refractivity contribution in [3.8, 4) is 6.07 Å². The van der Waals surface area contributed by atoms with Crippen LogP contribution in [0.2, 0.25) is 5.02 Å². The van der Waals surface area contributed by atoms with Crippen molar-refractivity contribution in [1.82, 2.24) is 25.3 Å². The summed E-state index contributed by atoms with van der Waals surface area (Å²) in [5.74, 6) is -0.224. The molecule has 0 unspecified atom stereocenters. The van der Waals surface area contributed by atoms with E-state index in [1.807, 2.05) is 30.3 Å². The number of halogens is 2. The predicted molar refractivity (Wildman–Crippen MR) is 164 cm³/mol. The van der Waals surface area contributed by atoms with Gasteiger partial charge >= 0.3 is 0 Å². The summed E-state index contributed by atoms with van der Waals surface area (Å²) < 4.78 is 13.4. The zero-order chi connectivity index (χ0) is 29.9. The molecule has 0 bridgehead atoms. The van der Waals surface area contributed by atoms with Gasteiger partial charge in [-0.3, -0.25) is 9.78 Å². The third-order valence-corrected chi connectivity index (χ3v) is 7.89. The first-order chi connectivity index (χ1) is 20.9. The maximum absolute atomic E-state index is 13.4. The molecule has 3 heterocycles. The average molecular weight is 595 g/mol. The van der Waals surface area contributed by atoms with E-state index < -0.39 is 12.2 Å². The van der Waals surface area contributed by atoms with Crippen LogP contribution in [0.15, 0.2) is 79.1 Å². The summed E-state index contributed by atoms with van der Waals surface area (Å²) in [5.41, 5.74) is 5.14. The number of nitriles is 1. The van der Waals surface area contributed by atoms with Gasteiger partial charge in [0, 0.05) is 22.8 Å².